The molecule has 3 fully saturated rings. The molecule has 3 aliphatic heterocycles. The van der Waals surface area contributed by atoms with Crippen molar-refractivity contribution < 1.29 is 23.4 Å². The summed E-state index contributed by atoms with van der Waals surface area (Å²) in [6, 6.07) is 9.68. The number of morpholine rings is 1. The topological polar surface area (TPSA) is 92.1 Å². The summed E-state index contributed by atoms with van der Waals surface area (Å²) in [7, 11) is 0. The van der Waals surface area contributed by atoms with E-state index >= 15 is 8.78 Å². The van der Waals surface area contributed by atoms with Crippen LogP contribution in [0.5, 0.6) is 0 Å². The Morgan fingerprint density at radius 2 is 1.82 bits per heavy atom. The van der Waals surface area contributed by atoms with Crippen molar-refractivity contribution in [3.05, 3.63) is 69.2 Å². The minimum Gasteiger partial charge on any atom is -0.378 e. The van der Waals surface area contributed by atoms with Gasteiger partial charge in [-0.25, -0.2) is 8.78 Å². The zero-order valence-electron chi connectivity index (χ0n) is 25.9. The summed E-state index contributed by atoms with van der Waals surface area (Å²) in [4.78, 5) is 18.6. The predicted octanol–water partition coefficient (Wildman–Crippen LogP) is 4.39. The molecule has 2 N–H and O–H groups in total. The highest BCUT2D eigenvalue weighted by atomic mass is 35.5. The monoisotopic (exact) mass is 663 g/mol. The molecule has 0 saturated carbocycles. The average molecular weight is 665 g/mol. The predicted molar refractivity (Wildman–Crippen MR) is 169 cm³/mol. The summed E-state index contributed by atoms with van der Waals surface area (Å²) in [6.45, 7) is 10.5. The van der Waals surface area contributed by atoms with Gasteiger partial charge >= 0.3 is 0 Å². The fraction of sp³-hybridized carbons (Fsp3) is 0.576. The van der Waals surface area contributed by atoms with Gasteiger partial charge < -0.3 is 20.1 Å². The number of hydrogen-bond donors (Lipinski definition) is 2. The number of nitrogens with one attached hydrogen (secondary N) is 1. The molecule has 0 spiro atoms. The van der Waals surface area contributed by atoms with E-state index < -0.39 is 41.3 Å². The summed E-state index contributed by atoms with van der Waals surface area (Å²) < 4.78 is 37.2. The molecule has 5 rings (SSSR count). The van der Waals surface area contributed by atoms with Crippen LogP contribution in [0.2, 0.25) is 10.0 Å². The van der Waals surface area contributed by atoms with Gasteiger partial charge in [0.2, 0.25) is 5.91 Å². The largest absolute Gasteiger partial charge is 0.378 e. The number of piperazine rings is 1. The van der Waals surface area contributed by atoms with E-state index in [1.165, 1.54) is 18.2 Å². The molecule has 0 radical (unpaired) electrons. The van der Waals surface area contributed by atoms with Gasteiger partial charge in [-0.3, -0.25) is 14.6 Å². The number of amides is 1. The van der Waals surface area contributed by atoms with Crippen molar-refractivity contribution in [1.82, 2.24) is 20.0 Å². The fourth-order valence-electron chi connectivity index (χ4n) is 7.15. The van der Waals surface area contributed by atoms with Crippen molar-refractivity contribution in [1.29, 1.82) is 5.26 Å². The summed E-state index contributed by atoms with van der Waals surface area (Å²) in [6.07, 6.45) is -0.722. The van der Waals surface area contributed by atoms with E-state index in [0.29, 0.717) is 58.9 Å². The van der Waals surface area contributed by atoms with Crippen LogP contribution in [0.1, 0.15) is 44.2 Å². The quantitative estimate of drug-likeness (QED) is 0.454. The highest BCUT2D eigenvalue weighted by Gasteiger charge is 2.61. The maximum atomic E-state index is 16.0. The maximum Gasteiger partial charge on any atom is 0.236 e. The summed E-state index contributed by atoms with van der Waals surface area (Å²) in [5, 5.41) is 26.6. The lowest BCUT2D eigenvalue weighted by atomic mass is 9.62. The van der Waals surface area contributed by atoms with Crippen LogP contribution >= 0.6 is 23.2 Å². The summed E-state index contributed by atoms with van der Waals surface area (Å²) in [5.41, 5.74) is -1.72. The molecule has 1 amide bonds. The minimum atomic E-state index is -1.62. The van der Waals surface area contributed by atoms with E-state index in [2.05, 4.69) is 16.3 Å². The first-order valence-electron chi connectivity index (χ1n) is 15.4. The molecule has 0 bridgehead atoms. The van der Waals surface area contributed by atoms with Crippen LogP contribution < -0.4 is 5.32 Å². The Hall–Kier alpha value is -2.36. The number of nitriles is 1. The van der Waals surface area contributed by atoms with Gasteiger partial charge in [0.05, 0.1) is 36.9 Å². The zero-order chi connectivity index (χ0) is 32.5. The van der Waals surface area contributed by atoms with Crippen molar-refractivity contribution in [3.8, 4) is 6.07 Å². The summed E-state index contributed by atoms with van der Waals surface area (Å²) in [5.74, 6) is -2.35. The number of carbonyl (C=O) groups is 1. The lowest BCUT2D eigenvalue weighted by molar-refractivity contribution is -0.137. The third kappa shape index (κ3) is 7.01. The molecule has 0 aliphatic carbocycles. The first-order valence-corrected chi connectivity index (χ1v) is 16.2. The maximum absolute atomic E-state index is 16.0. The number of carbonyl (C=O) groups excluding carboxylic acids is 1. The molecule has 5 unspecified atom stereocenters. The lowest BCUT2D eigenvalue weighted by Crippen LogP contribution is -2.58. The first-order chi connectivity index (χ1) is 21.4. The van der Waals surface area contributed by atoms with Crippen LogP contribution in [0, 0.1) is 28.4 Å². The Balaban J connectivity index is 1.49. The Labute approximate surface area is 273 Å². The van der Waals surface area contributed by atoms with Crippen LogP contribution in [0.15, 0.2) is 36.4 Å². The van der Waals surface area contributed by atoms with Crippen LogP contribution in [0.25, 0.3) is 0 Å². The number of hydrogen-bond acceptors (Lipinski definition) is 7. The van der Waals surface area contributed by atoms with E-state index in [1.54, 1.807) is 12.1 Å². The van der Waals surface area contributed by atoms with Crippen LogP contribution in [0.3, 0.4) is 0 Å². The Morgan fingerprint density at radius 1 is 1.13 bits per heavy atom. The smallest absolute Gasteiger partial charge is 0.236 e. The van der Waals surface area contributed by atoms with Crippen molar-refractivity contribution in [2.24, 2.45) is 5.41 Å². The second-order valence-corrected chi connectivity index (χ2v) is 14.3. The SMILES string of the molecule is CC(C)(C)CC1NC(C(O)N2CCN(CC(=O)N3CCOCC3)CC2)C(c2cccc(Cl)c2F)C1(C#N)c1ccc(Cl)cc1F. The third-order valence-electron chi connectivity index (χ3n) is 9.31. The summed E-state index contributed by atoms with van der Waals surface area (Å²) >= 11 is 12.4. The molecule has 3 aliphatic rings. The molecular formula is C33H41Cl2F2N5O3. The van der Waals surface area contributed by atoms with E-state index in [9.17, 15) is 15.2 Å². The fourth-order valence-corrected chi connectivity index (χ4v) is 7.50. The van der Waals surface area contributed by atoms with Crippen LogP contribution in [-0.4, -0.2) is 103 Å². The first kappa shape index (κ1) is 34.0. The number of aliphatic hydroxyl groups excluding tert-OH is 1. The van der Waals surface area contributed by atoms with Crippen molar-refractivity contribution in [3.63, 3.8) is 0 Å². The molecule has 8 nitrogen and oxygen atoms in total. The minimum absolute atomic E-state index is 0.0510. The van der Waals surface area contributed by atoms with Crippen molar-refractivity contribution >= 4 is 29.1 Å². The van der Waals surface area contributed by atoms with Gasteiger partial charge in [0.15, 0.2) is 0 Å². The molecule has 244 valence electrons. The van der Waals surface area contributed by atoms with Crippen molar-refractivity contribution in [2.75, 3.05) is 59.0 Å². The third-order valence-corrected chi connectivity index (χ3v) is 9.84. The molecule has 3 heterocycles. The van der Waals surface area contributed by atoms with Gasteiger partial charge in [0.1, 0.15) is 23.3 Å². The van der Waals surface area contributed by atoms with E-state index in [4.69, 9.17) is 27.9 Å². The van der Waals surface area contributed by atoms with E-state index in [0.717, 1.165) is 6.07 Å². The van der Waals surface area contributed by atoms with Gasteiger partial charge in [-0.1, -0.05) is 62.2 Å². The van der Waals surface area contributed by atoms with Gasteiger partial charge in [-0.2, -0.15) is 5.26 Å². The van der Waals surface area contributed by atoms with Gasteiger partial charge in [0.25, 0.3) is 0 Å². The number of aliphatic hydroxyl groups is 1. The molecule has 3 saturated heterocycles. The Morgan fingerprint density at radius 3 is 2.44 bits per heavy atom. The number of halogens is 4. The van der Waals surface area contributed by atoms with Gasteiger partial charge in [-0.15, -0.1) is 0 Å². The number of ether oxygens (including phenoxy) is 1. The second-order valence-electron chi connectivity index (χ2n) is 13.5. The molecule has 2 aromatic carbocycles. The van der Waals surface area contributed by atoms with Gasteiger partial charge in [0, 0.05) is 61.8 Å². The Kier molecular flexibility index (Phi) is 10.4. The molecule has 0 aromatic heterocycles. The number of benzene rings is 2. The highest BCUT2D eigenvalue weighted by molar-refractivity contribution is 6.31. The lowest BCUT2D eigenvalue weighted by Gasteiger charge is -2.42. The normalized spacial score (nSPS) is 27.4. The van der Waals surface area contributed by atoms with Crippen LogP contribution in [0.4, 0.5) is 8.78 Å². The molecule has 45 heavy (non-hydrogen) atoms. The second kappa shape index (κ2) is 13.8. The number of rotatable bonds is 7. The molecule has 12 heteroatoms. The van der Waals surface area contributed by atoms with Crippen LogP contribution in [-0.2, 0) is 14.9 Å². The van der Waals surface area contributed by atoms with E-state index in [-0.39, 0.29) is 39.0 Å². The van der Waals surface area contributed by atoms with Crippen molar-refractivity contribution in [2.45, 2.75) is 56.8 Å². The van der Waals surface area contributed by atoms with E-state index in [1.807, 2.05) is 30.6 Å². The molecule has 5 atom stereocenters. The van der Waals surface area contributed by atoms with Gasteiger partial charge in [-0.05, 0) is 35.6 Å². The standard InChI is InChI=1S/C33H41Cl2F2N5O3/c1-32(2,3)18-26-33(20-38,23-8-7-21(34)17-25(23)36)28(22-5-4-6-24(35)29(22)37)30(39-26)31(44)42-11-9-40(10-12-42)19-27(43)41-13-15-45-16-14-41/h4-8,17,26,28,30-31,39,44H,9-16,18-19H2,1-3H3. The highest BCUT2D eigenvalue weighted by Crippen LogP contribution is 2.53. The number of nitrogens with zero attached hydrogens (tertiary/aromatic N) is 4. The Bertz CT molecular complexity index is 1420. The zero-order valence-corrected chi connectivity index (χ0v) is 27.4. The molecule has 2 aromatic rings. The molecular weight excluding hydrogens is 623 g/mol. The average Bonchev–Trinajstić information content (AvgIpc) is 3.31.